The van der Waals surface area contributed by atoms with Crippen molar-refractivity contribution in [1.82, 2.24) is 14.8 Å². The van der Waals surface area contributed by atoms with E-state index in [2.05, 4.69) is 9.88 Å². The van der Waals surface area contributed by atoms with Crippen LogP contribution in [-0.2, 0) is 4.79 Å². The summed E-state index contributed by atoms with van der Waals surface area (Å²) < 4.78 is 2.07. The monoisotopic (exact) mass is 393 g/mol. The molecule has 4 nitrogen and oxygen atoms in total. The zero-order valence-corrected chi connectivity index (χ0v) is 16.4. The Morgan fingerprint density at radius 3 is 2.52 bits per heavy atom. The van der Waals surface area contributed by atoms with E-state index in [4.69, 9.17) is 35.4 Å². The fourth-order valence-electron chi connectivity index (χ4n) is 2.97. The number of carbonyl (C=O) groups is 1. The van der Waals surface area contributed by atoms with Gasteiger partial charge in [0.25, 0.3) is 5.91 Å². The van der Waals surface area contributed by atoms with Crippen LogP contribution in [0.25, 0.3) is 11.8 Å². The molecule has 130 valence electrons. The largest absolute Gasteiger partial charge is 0.328 e. The number of carbonyl (C=O) groups excluding carboxylic acids is 1. The number of rotatable bonds is 3. The van der Waals surface area contributed by atoms with Crippen molar-refractivity contribution in [3.05, 3.63) is 57.0 Å². The maximum atomic E-state index is 12.4. The van der Waals surface area contributed by atoms with Crippen LogP contribution in [0.5, 0.6) is 0 Å². The van der Waals surface area contributed by atoms with Gasteiger partial charge in [-0.15, -0.1) is 0 Å². The Morgan fingerprint density at radius 2 is 1.92 bits per heavy atom. The first-order valence-electron chi connectivity index (χ1n) is 7.82. The Bertz CT molecular complexity index is 917. The Hall–Kier alpha value is -1.82. The van der Waals surface area contributed by atoms with E-state index < -0.39 is 0 Å². The number of aromatic nitrogens is 1. The average molecular weight is 394 g/mol. The summed E-state index contributed by atoms with van der Waals surface area (Å²) in [6.07, 6.45) is 1.83. The van der Waals surface area contributed by atoms with Crippen molar-refractivity contribution in [2.45, 2.75) is 20.8 Å². The lowest BCUT2D eigenvalue weighted by Crippen LogP contribution is -2.30. The Labute approximate surface area is 162 Å². The number of nitrogens with zero attached hydrogens (tertiary/aromatic N) is 2. The summed E-state index contributed by atoms with van der Waals surface area (Å²) in [6.45, 7) is 6.44. The van der Waals surface area contributed by atoms with Gasteiger partial charge < -0.3 is 9.88 Å². The minimum atomic E-state index is -0.105. The van der Waals surface area contributed by atoms with Crippen molar-refractivity contribution in [3.8, 4) is 5.69 Å². The van der Waals surface area contributed by atoms with Crippen molar-refractivity contribution < 1.29 is 4.79 Å². The third kappa shape index (κ3) is 3.19. The molecule has 0 saturated carbocycles. The third-order valence-corrected chi connectivity index (χ3v) is 5.27. The molecule has 0 radical (unpaired) electrons. The molecule has 1 aliphatic rings. The third-order valence-electron chi connectivity index (χ3n) is 4.21. The van der Waals surface area contributed by atoms with Gasteiger partial charge in [0, 0.05) is 23.6 Å². The smallest absolute Gasteiger partial charge is 0.276 e. The maximum absolute atomic E-state index is 12.4. The van der Waals surface area contributed by atoms with Gasteiger partial charge in [0.1, 0.15) is 5.70 Å². The normalized spacial score (nSPS) is 16.0. The van der Waals surface area contributed by atoms with Gasteiger partial charge in [0.15, 0.2) is 5.11 Å². The highest BCUT2D eigenvalue weighted by Gasteiger charge is 2.29. The minimum absolute atomic E-state index is 0.105. The van der Waals surface area contributed by atoms with Crippen LogP contribution < -0.4 is 5.32 Å². The van der Waals surface area contributed by atoms with E-state index in [0.29, 0.717) is 27.4 Å². The quantitative estimate of drug-likeness (QED) is 0.616. The first-order valence-corrected chi connectivity index (χ1v) is 8.98. The number of likely N-dealkylation sites (N-methyl/N-ethyl adjacent to an activating group) is 1. The second kappa shape index (κ2) is 6.83. The highest BCUT2D eigenvalue weighted by atomic mass is 35.5. The topological polar surface area (TPSA) is 37.3 Å². The van der Waals surface area contributed by atoms with Crippen LogP contribution in [0.2, 0.25) is 10.0 Å². The molecular formula is C18H17Cl2N3OS. The maximum Gasteiger partial charge on any atom is 0.276 e. The number of benzene rings is 1. The van der Waals surface area contributed by atoms with Crippen molar-refractivity contribution in [2.75, 3.05) is 6.54 Å². The molecule has 0 spiro atoms. The summed E-state index contributed by atoms with van der Waals surface area (Å²) >= 11 is 17.4. The Kier molecular flexibility index (Phi) is 4.91. The van der Waals surface area contributed by atoms with Crippen LogP contribution in [0.15, 0.2) is 30.0 Å². The van der Waals surface area contributed by atoms with Gasteiger partial charge in [-0.1, -0.05) is 23.2 Å². The lowest BCUT2D eigenvalue weighted by molar-refractivity contribution is -0.122. The Balaban J connectivity index is 2.03. The lowest BCUT2D eigenvalue weighted by atomic mass is 10.2. The molecule has 0 unspecified atom stereocenters. The standard InChI is InChI=1S/C18H17Cl2N3OS/c1-4-22-17(24)16(21-18(22)25)8-12-7-10(2)23(11(12)3)13-5-6-14(19)15(20)9-13/h5-9H,4H2,1-3H3,(H,21,25). The molecule has 0 aliphatic carbocycles. The van der Waals surface area contributed by atoms with Gasteiger partial charge >= 0.3 is 0 Å². The van der Waals surface area contributed by atoms with E-state index in [0.717, 1.165) is 22.6 Å². The molecule has 2 aromatic rings. The van der Waals surface area contributed by atoms with Gasteiger partial charge in [-0.25, -0.2) is 0 Å². The number of hydrogen-bond acceptors (Lipinski definition) is 2. The van der Waals surface area contributed by atoms with Gasteiger partial charge in [-0.3, -0.25) is 9.69 Å². The highest BCUT2D eigenvalue weighted by molar-refractivity contribution is 7.80. The Morgan fingerprint density at radius 1 is 1.20 bits per heavy atom. The molecule has 2 heterocycles. The zero-order valence-electron chi connectivity index (χ0n) is 14.1. The van der Waals surface area contributed by atoms with E-state index in [1.54, 1.807) is 11.0 Å². The minimum Gasteiger partial charge on any atom is -0.328 e. The molecule has 1 amide bonds. The number of nitrogens with one attached hydrogen (secondary N) is 1. The number of thiocarbonyl (C=S) groups is 1. The summed E-state index contributed by atoms with van der Waals surface area (Å²) in [5, 5.41) is 4.45. The van der Waals surface area contributed by atoms with Gasteiger partial charge in [-0.05, 0) is 68.9 Å². The zero-order chi connectivity index (χ0) is 18.3. The molecule has 1 aromatic carbocycles. The van der Waals surface area contributed by atoms with Crippen LogP contribution in [0.3, 0.4) is 0 Å². The molecule has 0 atom stereocenters. The van der Waals surface area contributed by atoms with E-state index in [1.165, 1.54) is 0 Å². The van der Waals surface area contributed by atoms with E-state index in [-0.39, 0.29) is 5.91 Å². The van der Waals surface area contributed by atoms with Crippen LogP contribution in [0.4, 0.5) is 0 Å². The van der Waals surface area contributed by atoms with Crippen LogP contribution >= 0.6 is 35.4 Å². The molecule has 1 aliphatic heterocycles. The van der Waals surface area contributed by atoms with Crippen LogP contribution in [0.1, 0.15) is 23.9 Å². The molecular weight excluding hydrogens is 377 g/mol. The predicted molar refractivity (Wildman–Crippen MR) is 106 cm³/mol. The van der Waals surface area contributed by atoms with E-state index >= 15 is 0 Å². The van der Waals surface area contributed by atoms with Crippen molar-refractivity contribution in [2.24, 2.45) is 0 Å². The van der Waals surface area contributed by atoms with Crippen LogP contribution in [0, 0.1) is 13.8 Å². The molecule has 1 saturated heterocycles. The van der Waals surface area contributed by atoms with Crippen molar-refractivity contribution in [1.29, 1.82) is 0 Å². The summed E-state index contributed by atoms with van der Waals surface area (Å²) in [6, 6.07) is 7.54. The molecule has 7 heteroatoms. The van der Waals surface area contributed by atoms with Crippen LogP contribution in [-0.4, -0.2) is 27.0 Å². The van der Waals surface area contributed by atoms with Gasteiger partial charge in [-0.2, -0.15) is 0 Å². The lowest BCUT2D eigenvalue weighted by Gasteiger charge is -2.10. The van der Waals surface area contributed by atoms with Crippen molar-refractivity contribution >= 4 is 52.5 Å². The first-order chi connectivity index (χ1) is 11.8. The molecule has 1 N–H and O–H groups in total. The van der Waals surface area contributed by atoms with E-state index in [1.807, 2.05) is 45.0 Å². The summed E-state index contributed by atoms with van der Waals surface area (Å²) in [5.41, 5.74) is 4.38. The summed E-state index contributed by atoms with van der Waals surface area (Å²) in [7, 11) is 0. The molecule has 25 heavy (non-hydrogen) atoms. The number of amides is 1. The molecule has 0 bridgehead atoms. The average Bonchev–Trinajstić information content (AvgIpc) is 2.99. The SMILES string of the molecule is CCN1C(=O)C(=Cc2cc(C)n(-c3ccc(Cl)c(Cl)c3)c2C)NC1=S. The number of aryl methyl sites for hydroxylation is 1. The van der Waals surface area contributed by atoms with Gasteiger partial charge in [0.2, 0.25) is 0 Å². The number of halogens is 2. The molecule has 3 rings (SSSR count). The second-order valence-electron chi connectivity index (χ2n) is 5.80. The second-order valence-corrected chi connectivity index (χ2v) is 7.00. The highest BCUT2D eigenvalue weighted by Crippen LogP contribution is 2.28. The van der Waals surface area contributed by atoms with Gasteiger partial charge in [0.05, 0.1) is 10.0 Å². The first kappa shape index (κ1) is 18.0. The molecule has 1 aromatic heterocycles. The van der Waals surface area contributed by atoms with Crippen molar-refractivity contribution in [3.63, 3.8) is 0 Å². The molecule has 1 fully saturated rings. The fourth-order valence-corrected chi connectivity index (χ4v) is 3.58. The fraction of sp³-hybridized carbons (Fsp3) is 0.222. The van der Waals surface area contributed by atoms with E-state index in [9.17, 15) is 4.79 Å². The summed E-state index contributed by atoms with van der Waals surface area (Å²) in [5.74, 6) is -0.105. The summed E-state index contributed by atoms with van der Waals surface area (Å²) in [4.78, 5) is 13.9. The number of hydrogen-bond donors (Lipinski definition) is 1. The predicted octanol–water partition coefficient (Wildman–Crippen LogP) is 4.48.